The summed E-state index contributed by atoms with van der Waals surface area (Å²) in [6.07, 6.45) is 3.23. The lowest BCUT2D eigenvalue weighted by Gasteiger charge is -2.21. The van der Waals surface area contributed by atoms with E-state index >= 15 is 0 Å². The molecular weight excluding hydrogens is 338 g/mol. The average molecular weight is 370 g/mol. The molecule has 2 N–H and O–H groups in total. The third-order valence-corrected chi connectivity index (χ3v) is 5.00. The molecule has 0 saturated carbocycles. The molecule has 1 aliphatic rings. The van der Waals surface area contributed by atoms with E-state index in [9.17, 15) is 0 Å². The topological polar surface area (TPSA) is 54.9 Å². The molecule has 0 atom stereocenters. The zero-order chi connectivity index (χ0) is 18.7. The maximum absolute atomic E-state index is 5.81. The maximum atomic E-state index is 5.81. The van der Waals surface area contributed by atoms with Crippen LogP contribution < -0.4 is 10.6 Å². The minimum absolute atomic E-state index is 0.668. The second-order valence-corrected chi connectivity index (χ2v) is 6.98. The normalized spacial score (nSPS) is 15.8. The Labute approximate surface area is 162 Å². The summed E-state index contributed by atoms with van der Waals surface area (Å²) < 4.78 is 11.2. The Hall–Kier alpha value is -2.11. The van der Waals surface area contributed by atoms with Crippen molar-refractivity contribution in [1.29, 1.82) is 0 Å². The summed E-state index contributed by atoms with van der Waals surface area (Å²) in [5.74, 6) is 1.49. The van der Waals surface area contributed by atoms with Gasteiger partial charge in [0.25, 0.3) is 0 Å². The Kier molecular flexibility index (Phi) is 7.93. The number of hydrogen-bond acceptors (Lipinski definition) is 3. The predicted octanol–water partition coefficient (Wildman–Crippen LogP) is 3.34. The van der Waals surface area contributed by atoms with Crippen molar-refractivity contribution < 1.29 is 9.47 Å². The van der Waals surface area contributed by atoms with Crippen LogP contribution in [-0.4, -0.2) is 46.0 Å². The Morgan fingerprint density at radius 1 is 1.11 bits per heavy atom. The van der Waals surface area contributed by atoms with Crippen molar-refractivity contribution in [3.8, 4) is 0 Å². The van der Waals surface area contributed by atoms with Gasteiger partial charge >= 0.3 is 0 Å². The molecular formula is C22H31N3O2. The van der Waals surface area contributed by atoms with Crippen LogP contribution in [0.3, 0.4) is 0 Å². The zero-order valence-electron chi connectivity index (χ0n) is 16.2. The van der Waals surface area contributed by atoms with E-state index in [0.717, 1.165) is 64.7 Å². The fourth-order valence-electron chi connectivity index (χ4n) is 3.39. The minimum atomic E-state index is 0.668. The summed E-state index contributed by atoms with van der Waals surface area (Å²) in [5.41, 5.74) is 1.27. The van der Waals surface area contributed by atoms with Gasteiger partial charge in [-0.15, -0.1) is 0 Å². The van der Waals surface area contributed by atoms with Gasteiger partial charge in [0.15, 0.2) is 5.96 Å². The molecule has 0 amide bonds. The highest BCUT2D eigenvalue weighted by molar-refractivity contribution is 5.86. The largest absolute Gasteiger partial charge is 0.381 e. The molecule has 2 aromatic carbocycles. The lowest BCUT2D eigenvalue weighted by atomic mass is 10.0. The standard InChI is InChI=1S/C22H31N3O2/c1-23-22(24-12-5-13-27-17-18-10-14-26-15-11-18)25-16-20-8-4-7-19-6-2-3-9-21(19)20/h2-4,6-9,18H,5,10-17H2,1H3,(H2,23,24,25). The van der Waals surface area contributed by atoms with Gasteiger partial charge in [-0.05, 0) is 41.5 Å². The lowest BCUT2D eigenvalue weighted by molar-refractivity contribution is 0.0203. The monoisotopic (exact) mass is 369 g/mol. The molecule has 1 heterocycles. The molecule has 0 radical (unpaired) electrons. The highest BCUT2D eigenvalue weighted by atomic mass is 16.5. The van der Waals surface area contributed by atoms with Crippen molar-refractivity contribution in [1.82, 2.24) is 10.6 Å². The van der Waals surface area contributed by atoms with E-state index in [1.807, 2.05) is 0 Å². The summed E-state index contributed by atoms with van der Waals surface area (Å²) in [7, 11) is 1.81. The Morgan fingerprint density at radius 2 is 1.93 bits per heavy atom. The molecule has 2 aromatic rings. The molecule has 27 heavy (non-hydrogen) atoms. The first kappa shape index (κ1) is 19.6. The number of benzene rings is 2. The maximum Gasteiger partial charge on any atom is 0.191 e. The molecule has 1 fully saturated rings. The first-order valence-corrected chi connectivity index (χ1v) is 9.93. The van der Waals surface area contributed by atoms with Crippen molar-refractivity contribution in [2.75, 3.05) is 40.0 Å². The van der Waals surface area contributed by atoms with Crippen LogP contribution in [0.4, 0.5) is 0 Å². The van der Waals surface area contributed by atoms with E-state index in [0.29, 0.717) is 5.92 Å². The van der Waals surface area contributed by atoms with Gasteiger partial charge in [0.2, 0.25) is 0 Å². The Balaban J connectivity index is 1.34. The number of fused-ring (bicyclic) bond motifs is 1. The Bertz CT molecular complexity index is 721. The van der Waals surface area contributed by atoms with Crippen molar-refractivity contribution >= 4 is 16.7 Å². The van der Waals surface area contributed by atoms with Gasteiger partial charge in [-0.3, -0.25) is 4.99 Å². The summed E-state index contributed by atoms with van der Waals surface area (Å²) in [6.45, 7) is 5.01. The molecule has 0 spiro atoms. The molecule has 5 nitrogen and oxygen atoms in total. The third kappa shape index (κ3) is 6.22. The quantitative estimate of drug-likeness (QED) is 0.426. The van der Waals surface area contributed by atoms with Crippen molar-refractivity contribution in [2.45, 2.75) is 25.8 Å². The molecule has 1 aliphatic heterocycles. The summed E-state index contributed by atoms with van der Waals surface area (Å²) in [4.78, 5) is 4.31. The molecule has 3 rings (SSSR count). The Morgan fingerprint density at radius 3 is 2.78 bits per heavy atom. The van der Waals surface area contributed by atoms with Crippen LogP contribution in [0.5, 0.6) is 0 Å². The van der Waals surface area contributed by atoms with Crippen LogP contribution in [0.15, 0.2) is 47.5 Å². The minimum Gasteiger partial charge on any atom is -0.381 e. The van der Waals surface area contributed by atoms with Crippen LogP contribution in [0, 0.1) is 5.92 Å². The van der Waals surface area contributed by atoms with E-state index in [-0.39, 0.29) is 0 Å². The van der Waals surface area contributed by atoms with Gasteiger partial charge < -0.3 is 20.1 Å². The van der Waals surface area contributed by atoms with E-state index < -0.39 is 0 Å². The van der Waals surface area contributed by atoms with Gasteiger partial charge in [-0.2, -0.15) is 0 Å². The van der Waals surface area contributed by atoms with E-state index in [1.165, 1.54) is 16.3 Å². The van der Waals surface area contributed by atoms with Crippen molar-refractivity contribution in [2.24, 2.45) is 10.9 Å². The van der Waals surface area contributed by atoms with Gasteiger partial charge in [-0.25, -0.2) is 0 Å². The number of aliphatic imine (C=N–C) groups is 1. The van der Waals surface area contributed by atoms with Crippen LogP contribution >= 0.6 is 0 Å². The number of rotatable bonds is 8. The van der Waals surface area contributed by atoms with Gasteiger partial charge in [-0.1, -0.05) is 42.5 Å². The van der Waals surface area contributed by atoms with Crippen molar-refractivity contribution in [3.63, 3.8) is 0 Å². The van der Waals surface area contributed by atoms with Gasteiger partial charge in [0.1, 0.15) is 0 Å². The van der Waals surface area contributed by atoms with Crippen molar-refractivity contribution in [3.05, 3.63) is 48.0 Å². The van der Waals surface area contributed by atoms with Crippen LogP contribution in [0.2, 0.25) is 0 Å². The van der Waals surface area contributed by atoms with Gasteiger partial charge in [0, 0.05) is 46.6 Å². The highest BCUT2D eigenvalue weighted by Crippen LogP contribution is 2.18. The molecule has 0 aliphatic carbocycles. The van der Waals surface area contributed by atoms with Crippen LogP contribution in [0.1, 0.15) is 24.8 Å². The summed E-state index contributed by atoms with van der Waals surface area (Å²) in [6, 6.07) is 14.9. The fourth-order valence-corrected chi connectivity index (χ4v) is 3.39. The number of ether oxygens (including phenoxy) is 2. The third-order valence-electron chi connectivity index (χ3n) is 5.00. The second-order valence-electron chi connectivity index (χ2n) is 6.98. The zero-order valence-corrected chi connectivity index (χ0v) is 16.2. The smallest absolute Gasteiger partial charge is 0.191 e. The molecule has 146 valence electrons. The van der Waals surface area contributed by atoms with Gasteiger partial charge in [0.05, 0.1) is 0 Å². The molecule has 0 unspecified atom stereocenters. The predicted molar refractivity (Wildman–Crippen MR) is 111 cm³/mol. The number of hydrogen-bond donors (Lipinski definition) is 2. The number of guanidine groups is 1. The molecule has 0 aromatic heterocycles. The lowest BCUT2D eigenvalue weighted by Crippen LogP contribution is -2.37. The summed E-state index contributed by atoms with van der Waals surface area (Å²) in [5, 5.41) is 9.32. The SMILES string of the molecule is CN=C(NCCCOCC1CCOCC1)NCc1cccc2ccccc12. The highest BCUT2D eigenvalue weighted by Gasteiger charge is 2.13. The number of nitrogens with one attached hydrogen (secondary N) is 2. The first-order valence-electron chi connectivity index (χ1n) is 9.93. The number of nitrogens with zero attached hydrogens (tertiary/aromatic N) is 1. The van der Waals surface area contributed by atoms with Crippen LogP contribution in [-0.2, 0) is 16.0 Å². The van der Waals surface area contributed by atoms with Crippen LogP contribution in [0.25, 0.3) is 10.8 Å². The molecule has 0 bridgehead atoms. The molecule has 5 heteroatoms. The van der Waals surface area contributed by atoms with E-state index in [2.05, 4.69) is 58.1 Å². The average Bonchev–Trinajstić information content (AvgIpc) is 2.73. The summed E-state index contributed by atoms with van der Waals surface area (Å²) >= 11 is 0. The molecule has 1 saturated heterocycles. The van der Waals surface area contributed by atoms with E-state index in [4.69, 9.17) is 9.47 Å². The first-order chi connectivity index (χ1) is 13.4. The second kappa shape index (κ2) is 10.9. The fraction of sp³-hybridized carbons (Fsp3) is 0.500. The van der Waals surface area contributed by atoms with E-state index in [1.54, 1.807) is 7.05 Å².